The molecule has 0 spiro atoms. The maximum absolute atomic E-state index is 12.4. The highest BCUT2D eigenvalue weighted by Gasteiger charge is 2.23. The van der Waals surface area contributed by atoms with E-state index in [2.05, 4.69) is 37.6 Å². The van der Waals surface area contributed by atoms with Crippen LogP contribution in [0, 0.1) is 0 Å². The SMILES string of the molecule is O=C(CCCc1ccccc1)Nc1ccnn1C1CCN(Cc2ccn[nH]2)CC1. The Morgan fingerprint density at radius 2 is 1.93 bits per heavy atom. The van der Waals surface area contributed by atoms with Crippen molar-refractivity contribution in [3.8, 4) is 0 Å². The van der Waals surface area contributed by atoms with Crippen LogP contribution >= 0.6 is 0 Å². The van der Waals surface area contributed by atoms with Crippen LogP contribution in [0.2, 0.25) is 0 Å². The Morgan fingerprint density at radius 1 is 1.10 bits per heavy atom. The quantitative estimate of drug-likeness (QED) is 0.616. The summed E-state index contributed by atoms with van der Waals surface area (Å²) in [6, 6.07) is 14.5. The number of aryl methyl sites for hydroxylation is 1. The summed E-state index contributed by atoms with van der Waals surface area (Å²) in [5, 5.41) is 14.6. The molecule has 0 bridgehead atoms. The van der Waals surface area contributed by atoms with Crippen molar-refractivity contribution in [1.82, 2.24) is 24.9 Å². The topological polar surface area (TPSA) is 78.8 Å². The molecule has 7 heteroatoms. The number of piperidine rings is 1. The van der Waals surface area contributed by atoms with Crippen LogP contribution in [0.5, 0.6) is 0 Å². The van der Waals surface area contributed by atoms with Gasteiger partial charge in [0.2, 0.25) is 5.91 Å². The Labute approximate surface area is 171 Å². The number of hydrogen-bond acceptors (Lipinski definition) is 4. The van der Waals surface area contributed by atoms with Crippen molar-refractivity contribution < 1.29 is 4.79 Å². The Bertz CT molecular complexity index is 881. The smallest absolute Gasteiger partial charge is 0.225 e. The van der Waals surface area contributed by atoms with Gasteiger partial charge in [-0.25, -0.2) is 4.68 Å². The maximum atomic E-state index is 12.4. The minimum absolute atomic E-state index is 0.0550. The molecule has 1 aliphatic heterocycles. The molecular formula is C22H28N6O. The Balaban J connectivity index is 1.24. The number of nitrogens with one attached hydrogen (secondary N) is 2. The highest BCUT2D eigenvalue weighted by Crippen LogP contribution is 2.26. The fraction of sp³-hybridized carbons (Fsp3) is 0.409. The third-order valence-corrected chi connectivity index (χ3v) is 5.51. The van der Waals surface area contributed by atoms with E-state index in [0.717, 1.165) is 56.8 Å². The van der Waals surface area contributed by atoms with Crippen LogP contribution in [0.25, 0.3) is 0 Å². The fourth-order valence-corrected chi connectivity index (χ4v) is 3.94. The highest BCUT2D eigenvalue weighted by molar-refractivity contribution is 5.89. The van der Waals surface area contributed by atoms with Gasteiger partial charge in [0, 0.05) is 44.0 Å². The van der Waals surface area contributed by atoms with Crippen LogP contribution in [-0.4, -0.2) is 43.9 Å². The molecule has 0 radical (unpaired) electrons. The number of benzene rings is 1. The second-order valence-corrected chi connectivity index (χ2v) is 7.64. The molecule has 4 rings (SSSR count). The summed E-state index contributed by atoms with van der Waals surface area (Å²) in [6.07, 6.45) is 7.89. The number of anilines is 1. The lowest BCUT2D eigenvalue weighted by Gasteiger charge is -2.32. The van der Waals surface area contributed by atoms with Gasteiger partial charge in [-0.05, 0) is 37.3 Å². The van der Waals surface area contributed by atoms with Gasteiger partial charge in [0.1, 0.15) is 5.82 Å². The van der Waals surface area contributed by atoms with Crippen molar-refractivity contribution in [2.24, 2.45) is 0 Å². The first kappa shape index (κ1) is 19.4. The van der Waals surface area contributed by atoms with Gasteiger partial charge in [-0.2, -0.15) is 10.2 Å². The predicted octanol–water partition coefficient (Wildman–Crippen LogP) is 3.40. The minimum atomic E-state index is 0.0550. The fourth-order valence-electron chi connectivity index (χ4n) is 3.94. The molecule has 0 aliphatic carbocycles. The molecule has 2 N–H and O–H groups in total. The zero-order valence-corrected chi connectivity index (χ0v) is 16.6. The van der Waals surface area contributed by atoms with Gasteiger partial charge < -0.3 is 5.32 Å². The summed E-state index contributed by atoms with van der Waals surface area (Å²) < 4.78 is 1.99. The van der Waals surface area contributed by atoms with Gasteiger partial charge >= 0.3 is 0 Å². The Hall–Kier alpha value is -2.93. The number of likely N-dealkylation sites (tertiary alicyclic amines) is 1. The standard InChI is InChI=1S/C22H28N6O/c29-22(8-4-7-18-5-2-1-3-6-18)25-21-10-14-24-28(21)20-11-15-27(16-12-20)17-19-9-13-23-26-19/h1-3,5-6,9-10,13-14,20H,4,7-8,11-12,15-17H2,(H,23,26)(H,25,29). The first-order valence-corrected chi connectivity index (χ1v) is 10.4. The van der Waals surface area contributed by atoms with Crippen molar-refractivity contribution in [2.45, 2.75) is 44.7 Å². The molecule has 29 heavy (non-hydrogen) atoms. The molecule has 7 nitrogen and oxygen atoms in total. The van der Waals surface area contributed by atoms with Crippen molar-refractivity contribution in [1.29, 1.82) is 0 Å². The van der Waals surface area contributed by atoms with Gasteiger partial charge in [-0.15, -0.1) is 0 Å². The molecule has 1 amide bonds. The number of carbonyl (C=O) groups is 1. The second-order valence-electron chi connectivity index (χ2n) is 7.64. The van der Waals surface area contributed by atoms with E-state index in [-0.39, 0.29) is 5.91 Å². The summed E-state index contributed by atoms with van der Waals surface area (Å²) in [6.45, 7) is 2.92. The summed E-state index contributed by atoms with van der Waals surface area (Å²) in [5.41, 5.74) is 2.42. The number of rotatable bonds is 8. The monoisotopic (exact) mass is 392 g/mol. The number of aromatic amines is 1. The summed E-state index contributed by atoms with van der Waals surface area (Å²) in [5.74, 6) is 0.862. The maximum Gasteiger partial charge on any atom is 0.225 e. The predicted molar refractivity (Wildman–Crippen MR) is 112 cm³/mol. The Morgan fingerprint density at radius 3 is 2.69 bits per heavy atom. The number of carbonyl (C=O) groups excluding carboxylic acids is 1. The molecule has 1 aromatic carbocycles. The van der Waals surface area contributed by atoms with E-state index >= 15 is 0 Å². The third-order valence-electron chi connectivity index (χ3n) is 5.51. The number of aromatic nitrogens is 4. The minimum Gasteiger partial charge on any atom is -0.311 e. The van der Waals surface area contributed by atoms with Crippen LogP contribution in [0.3, 0.4) is 0 Å². The molecule has 1 saturated heterocycles. The van der Waals surface area contributed by atoms with Gasteiger partial charge in [0.05, 0.1) is 12.2 Å². The van der Waals surface area contributed by atoms with Crippen molar-refractivity contribution in [2.75, 3.05) is 18.4 Å². The molecule has 0 unspecified atom stereocenters. The van der Waals surface area contributed by atoms with E-state index in [1.807, 2.05) is 35.0 Å². The average molecular weight is 393 g/mol. The zero-order chi connectivity index (χ0) is 19.9. The number of hydrogen-bond donors (Lipinski definition) is 2. The summed E-state index contributed by atoms with van der Waals surface area (Å²) in [7, 11) is 0. The van der Waals surface area contributed by atoms with Gasteiger partial charge in [-0.3, -0.25) is 14.8 Å². The van der Waals surface area contributed by atoms with Crippen LogP contribution in [0.15, 0.2) is 54.9 Å². The lowest BCUT2D eigenvalue weighted by molar-refractivity contribution is -0.116. The molecular weight excluding hydrogens is 364 g/mol. The number of H-pyrrole nitrogens is 1. The van der Waals surface area contributed by atoms with E-state index in [9.17, 15) is 4.79 Å². The van der Waals surface area contributed by atoms with Crippen molar-refractivity contribution in [3.63, 3.8) is 0 Å². The molecule has 2 aromatic heterocycles. The number of amides is 1. The van der Waals surface area contributed by atoms with Gasteiger partial charge in [0.15, 0.2) is 0 Å². The molecule has 0 atom stereocenters. The molecule has 1 aliphatic rings. The van der Waals surface area contributed by atoms with E-state index in [1.54, 1.807) is 12.4 Å². The van der Waals surface area contributed by atoms with Crippen molar-refractivity contribution in [3.05, 3.63) is 66.1 Å². The summed E-state index contributed by atoms with van der Waals surface area (Å²) in [4.78, 5) is 14.8. The average Bonchev–Trinajstić information content (AvgIpc) is 3.42. The number of nitrogens with zero attached hydrogens (tertiary/aromatic N) is 4. The van der Waals surface area contributed by atoms with E-state index in [0.29, 0.717) is 12.5 Å². The van der Waals surface area contributed by atoms with E-state index in [4.69, 9.17) is 0 Å². The molecule has 3 heterocycles. The molecule has 152 valence electrons. The molecule has 3 aromatic rings. The Kier molecular flexibility index (Phi) is 6.36. The lowest BCUT2D eigenvalue weighted by Crippen LogP contribution is -2.35. The largest absolute Gasteiger partial charge is 0.311 e. The molecule has 0 saturated carbocycles. The zero-order valence-electron chi connectivity index (χ0n) is 16.6. The second kappa shape index (κ2) is 9.52. The van der Waals surface area contributed by atoms with Crippen LogP contribution in [0.1, 0.15) is 43.0 Å². The third kappa shape index (κ3) is 5.32. The lowest BCUT2D eigenvalue weighted by atomic mass is 10.1. The van der Waals surface area contributed by atoms with E-state index < -0.39 is 0 Å². The normalized spacial score (nSPS) is 15.4. The van der Waals surface area contributed by atoms with Gasteiger partial charge in [0.25, 0.3) is 0 Å². The van der Waals surface area contributed by atoms with E-state index in [1.165, 1.54) is 5.56 Å². The molecule has 1 fully saturated rings. The highest BCUT2D eigenvalue weighted by atomic mass is 16.1. The summed E-state index contributed by atoms with van der Waals surface area (Å²) >= 11 is 0. The van der Waals surface area contributed by atoms with Crippen LogP contribution in [-0.2, 0) is 17.8 Å². The van der Waals surface area contributed by atoms with Crippen molar-refractivity contribution >= 4 is 11.7 Å². The van der Waals surface area contributed by atoms with Crippen LogP contribution in [0.4, 0.5) is 5.82 Å². The first-order chi connectivity index (χ1) is 14.3. The van der Waals surface area contributed by atoms with Crippen LogP contribution < -0.4 is 5.32 Å². The van der Waals surface area contributed by atoms with Gasteiger partial charge in [-0.1, -0.05) is 30.3 Å². The first-order valence-electron chi connectivity index (χ1n) is 10.4.